The third-order valence-corrected chi connectivity index (χ3v) is 3.29. The average Bonchev–Trinajstić information content (AvgIpc) is 2.85. The van der Waals surface area contributed by atoms with Crippen LogP contribution in [0.2, 0.25) is 0 Å². The molecule has 21 heavy (non-hydrogen) atoms. The van der Waals surface area contributed by atoms with E-state index in [1.165, 1.54) is 12.3 Å². The van der Waals surface area contributed by atoms with Crippen LogP contribution in [0.25, 0.3) is 22.4 Å². The van der Waals surface area contributed by atoms with Gasteiger partial charge in [-0.25, -0.2) is 9.37 Å². The molecule has 2 aromatic heterocycles. The van der Waals surface area contributed by atoms with Crippen LogP contribution < -0.4 is 0 Å². The van der Waals surface area contributed by atoms with Crippen molar-refractivity contribution >= 4 is 11.0 Å². The fourth-order valence-electron chi connectivity index (χ4n) is 2.40. The molecule has 1 aromatic carbocycles. The first-order valence-corrected chi connectivity index (χ1v) is 6.74. The van der Waals surface area contributed by atoms with Crippen LogP contribution >= 0.6 is 0 Å². The van der Waals surface area contributed by atoms with E-state index in [-0.39, 0.29) is 5.82 Å². The van der Waals surface area contributed by atoms with Crippen molar-refractivity contribution in [1.29, 1.82) is 5.26 Å². The SMILES string of the molecule is CCCn1c(-c2cncc(F)c2)nc2cc(C#N)ccc21. The van der Waals surface area contributed by atoms with Gasteiger partial charge in [0.15, 0.2) is 0 Å². The van der Waals surface area contributed by atoms with Crippen LogP contribution in [0.3, 0.4) is 0 Å². The summed E-state index contributed by atoms with van der Waals surface area (Å²) in [5.74, 6) is 0.286. The molecule has 3 aromatic rings. The molecule has 0 atom stereocenters. The summed E-state index contributed by atoms with van der Waals surface area (Å²) in [6.45, 7) is 2.84. The van der Waals surface area contributed by atoms with Crippen molar-refractivity contribution in [2.24, 2.45) is 0 Å². The Kier molecular flexibility index (Phi) is 3.36. The molecule has 0 aliphatic carbocycles. The zero-order valence-corrected chi connectivity index (χ0v) is 11.5. The van der Waals surface area contributed by atoms with Crippen molar-refractivity contribution in [2.75, 3.05) is 0 Å². The maximum atomic E-state index is 13.4. The summed E-state index contributed by atoms with van der Waals surface area (Å²) in [5.41, 5.74) is 2.88. The monoisotopic (exact) mass is 280 g/mol. The van der Waals surface area contributed by atoms with E-state index in [9.17, 15) is 4.39 Å². The molecule has 2 heterocycles. The van der Waals surface area contributed by atoms with Crippen LogP contribution in [0.15, 0.2) is 36.7 Å². The number of aromatic nitrogens is 3. The zero-order valence-electron chi connectivity index (χ0n) is 11.5. The van der Waals surface area contributed by atoms with Crippen LogP contribution in [0.4, 0.5) is 4.39 Å². The highest BCUT2D eigenvalue weighted by Crippen LogP contribution is 2.25. The molecule has 0 aliphatic rings. The molecule has 5 heteroatoms. The number of nitriles is 1. The highest BCUT2D eigenvalue weighted by atomic mass is 19.1. The Labute approximate surface area is 121 Å². The topological polar surface area (TPSA) is 54.5 Å². The smallest absolute Gasteiger partial charge is 0.142 e. The molecule has 4 nitrogen and oxygen atoms in total. The molecule has 0 aliphatic heterocycles. The Morgan fingerprint density at radius 2 is 2.14 bits per heavy atom. The molecular formula is C16H13FN4. The fourth-order valence-corrected chi connectivity index (χ4v) is 2.40. The van der Waals surface area contributed by atoms with Gasteiger partial charge in [0, 0.05) is 18.3 Å². The Bertz CT molecular complexity index is 845. The molecule has 0 saturated carbocycles. The minimum atomic E-state index is -0.389. The number of nitrogens with zero attached hydrogens (tertiary/aromatic N) is 4. The van der Waals surface area contributed by atoms with E-state index in [1.807, 2.05) is 10.6 Å². The van der Waals surface area contributed by atoms with Gasteiger partial charge in [-0.05, 0) is 30.7 Å². The predicted molar refractivity (Wildman–Crippen MR) is 77.9 cm³/mol. The van der Waals surface area contributed by atoms with Crippen molar-refractivity contribution < 1.29 is 4.39 Å². The Morgan fingerprint density at radius 1 is 1.29 bits per heavy atom. The summed E-state index contributed by atoms with van der Waals surface area (Å²) in [6.07, 6.45) is 3.70. The van der Waals surface area contributed by atoms with Gasteiger partial charge in [0.05, 0.1) is 28.9 Å². The van der Waals surface area contributed by atoms with Gasteiger partial charge in [-0.1, -0.05) is 6.92 Å². The van der Waals surface area contributed by atoms with E-state index >= 15 is 0 Å². The van der Waals surface area contributed by atoms with Crippen molar-refractivity contribution in [1.82, 2.24) is 14.5 Å². The van der Waals surface area contributed by atoms with Gasteiger partial charge in [-0.3, -0.25) is 4.98 Å². The lowest BCUT2D eigenvalue weighted by molar-refractivity contribution is 0.621. The van der Waals surface area contributed by atoms with Gasteiger partial charge in [-0.15, -0.1) is 0 Å². The van der Waals surface area contributed by atoms with Crippen LogP contribution in [-0.2, 0) is 6.54 Å². The molecular weight excluding hydrogens is 267 g/mol. The lowest BCUT2D eigenvalue weighted by Crippen LogP contribution is -2.00. The van der Waals surface area contributed by atoms with Crippen molar-refractivity contribution in [3.05, 3.63) is 48.0 Å². The van der Waals surface area contributed by atoms with Gasteiger partial charge < -0.3 is 4.57 Å². The first-order chi connectivity index (χ1) is 10.2. The highest BCUT2D eigenvalue weighted by molar-refractivity contribution is 5.81. The summed E-state index contributed by atoms with van der Waals surface area (Å²) in [4.78, 5) is 8.44. The second-order valence-corrected chi connectivity index (χ2v) is 4.79. The minimum absolute atomic E-state index is 0.389. The molecule has 0 bridgehead atoms. The number of benzene rings is 1. The number of hydrogen-bond acceptors (Lipinski definition) is 3. The third kappa shape index (κ3) is 2.36. The van der Waals surface area contributed by atoms with Gasteiger partial charge in [0.25, 0.3) is 0 Å². The van der Waals surface area contributed by atoms with E-state index in [1.54, 1.807) is 18.3 Å². The number of hydrogen-bond donors (Lipinski definition) is 0. The van der Waals surface area contributed by atoms with Crippen LogP contribution in [0, 0.1) is 17.1 Å². The van der Waals surface area contributed by atoms with E-state index in [4.69, 9.17) is 5.26 Å². The maximum Gasteiger partial charge on any atom is 0.142 e. The van der Waals surface area contributed by atoms with E-state index in [0.717, 1.165) is 24.0 Å². The Hall–Kier alpha value is -2.74. The lowest BCUT2D eigenvalue weighted by Gasteiger charge is -2.07. The largest absolute Gasteiger partial charge is 0.324 e. The van der Waals surface area contributed by atoms with Gasteiger partial charge in [0.1, 0.15) is 11.6 Å². The standard InChI is InChI=1S/C16H13FN4/c1-2-5-21-15-4-3-11(8-18)6-14(15)20-16(21)12-7-13(17)10-19-9-12/h3-4,6-7,9-10H,2,5H2,1H3. The van der Waals surface area contributed by atoms with E-state index in [2.05, 4.69) is 23.0 Å². The zero-order chi connectivity index (χ0) is 14.8. The number of pyridine rings is 1. The van der Waals surface area contributed by atoms with Crippen LogP contribution in [-0.4, -0.2) is 14.5 Å². The Morgan fingerprint density at radius 3 is 2.86 bits per heavy atom. The first-order valence-electron chi connectivity index (χ1n) is 6.74. The van der Waals surface area contributed by atoms with Crippen molar-refractivity contribution in [3.63, 3.8) is 0 Å². The van der Waals surface area contributed by atoms with Gasteiger partial charge in [0.2, 0.25) is 0 Å². The number of aryl methyl sites for hydroxylation is 1. The number of fused-ring (bicyclic) bond motifs is 1. The van der Waals surface area contributed by atoms with E-state index < -0.39 is 0 Å². The van der Waals surface area contributed by atoms with E-state index in [0.29, 0.717) is 17.0 Å². The summed E-state index contributed by atoms with van der Waals surface area (Å²) >= 11 is 0. The average molecular weight is 280 g/mol. The van der Waals surface area contributed by atoms with Crippen LogP contribution in [0.1, 0.15) is 18.9 Å². The molecule has 0 N–H and O–H groups in total. The summed E-state index contributed by atoms with van der Waals surface area (Å²) < 4.78 is 15.4. The lowest BCUT2D eigenvalue weighted by atomic mass is 10.2. The third-order valence-electron chi connectivity index (χ3n) is 3.29. The molecule has 104 valence electrons. The second-order valence-electron chi connectivity index (χ2n) is 4.79. The van der Waals surface area contributed by atoms with Crippen molar-refractivity contribution in [3.8, 4) is 17.5 Å². The molecule has 3 rings (SSSR count). The first kappa shape index (κ1) is 13.3. The predicted octanol–water partition coefficient (Wildman–Crippen LogP) is 3.52. The number of halogens is 1. The fraction of sp³-hybridized carbons (Fsp3) is 0.188. The summed E-state index contributed by atoms with van der Waals surface area (Å²) in [6, 6.07) is 8.93. The summed E-state index contributed by atoms with van der Waals surface area (Å²) in [5, 5.41) is 8.99. The number of imidazole rings is 1. The minimum Gasteiger partial charge on any atom is -0.324 e. The Balaban J connectivity index is 2.26. The molecule has 0 radical (unpaired) electrons. The normalized spacial score (nSPS) is 10.7. The molecule has 0 amide bonds. The quantitative estimate of drug-likeness (QED) is 0.737. The maximum absolute atomic E-state index is 13.4. The van der Waals surface area contributed by atoms with Gasteiger partial charge >= 0.3 is 0 Å². The second kappa shape index (κ2) is 5.33. The molecule has 0 spiro atoms. The highest BCUT2D eigenvalue weighted by Gasteiger charge is 2.13. The van der Waals surface area contributed by atoms with Crippen LogP contribution in [0.5, 0.6) is 0 Å². The number of rotatable bonds is 3. The molecule has 0 fully saturated rings. The summed E-state index contributed by atoms with van der Waals surface area (Å²) in [7, 11) is 0. The van der Waals surface area contributed by atoms with Gasteiger partial charge in [-0.2, -0.15) is 5.26 Å². The van der Waals surface area contributed by atoms with Crippen molar-refractivity contribution in [2.45, 2.75) is 19.9 Å². The molecule has 0 unspecified atom stereocenters. The molecule has 0 saturated heterocycles.